The summed E-state index contributed by atoms with van der Waals surface area (Å²) in [6.07, 6.45) is 0. The molecule has 0 unspecified atom stereocenters. The molecule has 4 aromatic carbocycles. The standard InChI is InChI=1S/C28H26N8O11S3/c1-45-24-14-19(36-35-18-3-2-4-20(12-18)48-47-46-38)7-8-23(24)31-28-33-26(29-9-10-37)32-27(34-28)30-17-6-5-16-11-21(49(39,40)41)15-25(22(16)13-17)50(42,43)44/h2-8,11-15,37-38H,9-10H2,1H3,(H,39,40,41)(H,42,43,44)(H3,29,30,31,32,33,34). The zero-order chi connectivity index (χ0) is 35.9. The number of aliphatic hydroxyl groups is 1. The van der Waals surface area contributed by atoms with Gasteiger partial charge in [-0.1, -0.05) is 17.2 Å². The van der Waals surface area contributed by atoms with Crippen molar-refractivity contribution in [2.75, 3.05) is 36.2 Å². The second-order valence-corrected chi connectivity index (χ2v) is 13.4. The van der Waals surface area contributed by atoms with Crippen molar-refractivity contribution < 1.29 is 50.4 Å². The SMILES string of the molecule is COc1cc(N=Nc2cccc(SOOO)c2)ccc1Nc1nc(NCCO)nc(Nc2ccc3cc(S(=O)(=O)O)cc(S(=O)(=O)O)c3c2)n1. The van der Waals surface area contributed by atoms with Crippen molar-refractivity contribution in [1.29, 1.82) is 0 Å². The highest BCUT2D eigenvalue weighted by Gasteiger charge is 2.21. The van der Waals surface area contributed by atoms with Gasteiger partial charge < -0.3 is 25.8 Å². The Kier molecular flexibility index (Phi) is 11.4. The summed E-state index contributed by atoms with van der Waals surface area (Å²) >= 11 is 0.778. The van der Waals surface area contributed by atoms with Gasteiger partial charge in [-0.05, 0) is 60.0 Å². The predicted octanol–water partition coefficient (Wildman–Crippen LogP) is 5.26. The third-order valence-electron chi connectivity index (χ3n) is 6.44. The van der Waals surface area contributed by atoms with E-state index in [1.165, 1.54) is 25.3 Å². The minimum atomic E-state index is -4.92. The Morgan fingerprint density at radius 2 is 1.54 bits per heavy atom. The fourth-order valence-electron chi connectivity index (χ4n) is 4.33. The number of hydrogen-bond donors (Lipinski definition) is 7. The van der Waals surface area contributed by atoms with E-state index in [4.69, 9.17) is 9.99 Å². The third kappa shape index (κ3) is 9.35. The highest BCUT2D eigenvalue weighted by Crippen LogP contribution is 2.34. The molecule has 22 heteroatoms. The maximum Gasteiger partial charge on any atom is 0.295 e. The smallest absolute Gasteiger partial charge is 0.295 e. The average Bonchev–Trinajstić information content (AvgIpc) is 3.08. The minimum Gasteiger partial charge on any atom is -0.494 e. The third-order valence-corrected chi connectivity index (χ3v) is 8.74. The number of fused-ring (bicyclic) bond motifs is 1. The minimum absolute atomic E-state index is 0.0243. The van der Waals surface area contributed by atoms with Crippen molar-refractivity contribution in [1.82, 2.24) is 15.0 Å². The molecule has 0 bridgehead atoms. The van der Waals surface area contributed by atoms with Gasteiger partial charge >= 0.3 is 0 Å². The van der Waals surface area contributed by atoms with Crippen molar-refractivity contribution >= 4 is 83.6 Å². The van der Waals surface area contributed by atoms with Gasteiger partial charge in [0.25, 0.3) is 20.2 Å². The van der Waals surface area contributed by atoms with E-state index in [0.29, 0.717) is 33.8 Å². The van der Waals surface area contributed by atoms with Gasteiger partial charge in [-0.3, -0.25) is 9.11 Å². The Hall–Kier alpha value is -5.04. The van der Waals surface area contributed by atoms with Crippen molar-refractivity contribution in [2.45, 2.75) is 14.7 Å². The van der Waals surface area contributed by atoms with Gasteiger partial charge in [0.05, 0.1) is 47.7 Å². The number of aliphatic hydroxyl groups excluding tert-OH is 1. The molecule has 0 saturated carbocycles. The number of aromatic nitrogens is 3. The van der Waals surface area contributed by atoms with Crippen molar-refractivity contribution in [2.24, 2.45) is 10.2 Å². The van der Waals surface area contributed by atoms with Crippen LogP contribution in [0, 0.1) is 0 Å². The van der Waals surface area contributed by atoms with Gasteiger partial charge in [0.1, 0.15) is 10.6 Å². The lowest BCUT2D eigenvalue weighted by molar-refractivity contribution is -0.432. The van der Waals surface area contributed by atoms with E-state index in [9.17, 15) is 31.0 Å². The summed E-state index contributed by atoms with van der Waals surface area (Å²) in [4.78, 5) is 12.1. The van der Waals surface area contributed by atoms with E-state index in [-0.39, 0.29) is 47.5 Å². The van der Waals surface area contributed by atoms with E-state index >= 15 is 0 Å². The molecule has 0 spiro atoms. The monoisotopic (exact) mass is 746 g/mol. The number of hydrogen-bond acceptors (Lipinski definition) is 18. The highest BCUT2D eigenvalue weighted by atomic mass is 32.2. The Bertz CT molecular complexity index is 2280. The van der Waals surface area contributed by atoms with E-state index in [1.54, 1.807) is 42.5 Å². The predicted molar refractivity (Wildman–Crippen MR) is 180 cm³/mol. The van der Waals surface area contributed by atoms with Crippen molar-refractivity contribution in [3.8, 4) is 5.75 Å². The lowest BCUT2D eigenvalue weighted by Crippen LogP contribution is -2.12. The molecule has 0 aliphatic rings. The quantitative estimate of drug-likeness (QED) is 0.0236. The lowest BCUT2D eigenvalue weighted by Gasteiger charge is -2.14. The molecular weight excluding hydrogens is 721 g/mol. The number of azo groups is 1. The van der Waals surface area contributed by atoms with Crippen LogP contribution in [-0.2, 0) is 29.6 Å². The Morgan fingerprint density at radius 3 is 2.22 bits per heavy atom. The molecule has 1 aromatic heterocycles. The number of benzene rings is 4. The average molecular weight is 747 g/mol. The van der Waals surface area contributed by atoms with E-state index < -0.39 is 30.0 Å². The fraction of sp³-hybridized carbons (Fsp3) is 0.107. The topological polar surface area (TPSA) is 276 Å². The summed E-state index contributed by atoms with van der Waals surface area (Å²) in [5.74, 6) is 0.384. The number of rotatable bonds is 15. The van der Waals surface area contributed by atoms with E-state index in [2.05, 4.69) is 50.5 Å². The second-order valence-electron chi connectivity index (χ2n) is 9.82. The Labute approximate surface area is 288 Å². The number of anilines is 5. The molecule has 0 aliphatic carbocycles. The zero-order valence-electron chi connectivity index (χ0n) is 25.4. The molecule has 50 heavy (non-hydrogen) atoms. The van der Waals surface area contributed by atoms with Crippen LogP contribution in [0.1, 0.15) is 0 Å². The normalized spacial score (nSPS) is 11.9. The first-order valence-electron chi connectivity index (χ1n) is 13.9. The maximum atomic E-state index is 12.1. The number of nitrogens with one attached hydrogen (secondary N) is 3. The van der Waals surface area contributed by atoms with Crippen molar-refractivity contribution in [3.05, 3.63) is 72.8 Å². The molecule has 0 aliphatic heterocycles. The molecule has 5 rings (SSSR count). The van der Waals surface area contributed by atoms with Crippen LogP contribution >= 0.6 is 12.0 Å². The van der Waals surface area contributed by atoms with Gasteiger partial charge in [-0.2, -0.15) is 42.0 Å². The first-order valence-corrected chi connectivity index (χ1v) is 17.5. The maximum absolute atomic E-state index is 12.1. The molecule has 0 atom stereocenters. The molecule has 0 amide bonds. The summed E-state index contributed by atoms with van der Waals surface area (Å²) in [5, 5.41) is 38.5. The molecule has 7 N–H and O–H groups in total. The van der Waals surface area contributed by atoms with E-state index in [1.807, 2.05) is 0 Å². The summed E-state index contributed by atoms with van der Waals surface area (Å²) < 4.78 is 76.9. The van der Waals surface area contributed by atoms with Crippen LogP contribution in [0.25, 0.3) is 10.8 Å². The first-order chi connectivity index (χ1) is 23.9. The lowest BCUT2D eigenvalue weighted by atomic mass is 10.1. The Morgan fingerprint density at radius 1 is 0.820 bits per heavy atom. The zero-order valence-corrected chi connectivity index (χ0v) is 27.9. The molecule has 262 valence electrons. The summed E-state index contributed by atoms with van der Waals surface area (Å²) in [5.41, 5.74) is 1.59. The summed E-state index contributed by atoms with van der Waals surface area (Å²) in [6.45, 7) is -0.136. The number of methoxy groups -OCH3 is 1. The van der Waals surface area contributed by atoms with Gasteiger partial charge in [0.15, 0.2) is 0 Å². The molecule has 0 saturated heterocycles. The van der Waals surface area contributed by atoms with Gasteiger partial charge in [0.2, 0.25) is 17.8 Å². The van der Waals surface area contributed by atoms with Crippen LogP contribution in [0.2, 0.25) is 0 Å². The molecule has 19 nitrogen and oxygen atoms in total. The summed E-state index contributed by atoms with van der Waals surface area (Å²) in [6, 6.07) is 17.5. The molecule has 5 aromatic rings. The van der Waals surface area contributed by atoms with Crippen LogP contribution in [0.3, 0.4) is 0 Å². The van der Waals surface area contributed by atoms with Gasteiger partial charge in [0, 0.05) is 28.6 Å². The van der Waals surface area contributed by atoms with Crippen LogP contribution in [0.4, 0.5) is 40.6 Å². The largest absolute Gasteiger partial charge is 0.494 e. The highest BCUT2D eigenvalue weighted by molar-refractivity contribution is 7.94. The second kappa shape index (κ2) is 15.7. The van der Waals surface area contributed by atoms with Gasteiger partial charge in [-0.25, -0.2) is 5.26 Å². The first kappa shape index (κ1) is 36.2. The van der Waals surface area contributed by atoms with Crippen LogP contribution < -0.4 is 20.7 Å². The number of ether oxygens (including phenoxy) is 1. The summed E-state index contributed by atoms with van der Waals surface area (Å²) in [7, 11) is -8.27. The van der Waals surface area contributed by atoms with Crippen molar-refractivity contribution in [3.63, 3.8) is 0 Å². The Balaban J connectivity index is 1.43. The molecule has 1 heterocycles. The molecule has 0 fully saturated rings. The molecular formula is C28H26N8O11S3. The van der Waals surface area contributed by atoms with Crippen LogP contribution in [0.15, 0.2) is 97.7 Å². The number of nitrogens with zero attached hydrogens (tertiary/aromatic N) is 5. The van der Waals surface area contributed by atoms with E-state index in [0.717, 1.165) is 18.1 Å². The molecule has 0 radical (unpaired) electrons. The van der Waals surface area contributed by atoms with Crippen LogP contribution in [-0.4, -0.2) is 71.5 Å². The fourth-order valence-corrected chi connectivity index (χ4v) is 6.09. The van der Waals surface area contributed by atoms with Gasteiger partial charge in [-0.15, -0.1) is 4.33 Å². The van der Waals surface area contributed by atoms with Crippen LogP contribution in [0.5, 0.6) is 5.75 Å².